The molecule has 0 saturated heterocycles. The minimum Gasteiger partial charge on any atom is -0.495 e. The SMILES string of the molecule is CNC(c1cc(Cl)c(OC)cc1Cl)c1cccc(C)c1C. The first-order valence-electron chi connectivity index (χ1n) is 6.76. The summed E-state index contributed by atoms with van der Waals surface area (Å²) in [6.45, 7) is 4.22. The lowest BCUT2D eigenvalue weighted by molar-refractivity contribution is 0.415. The van der Waals surface area contributed by atoms with Crippen LogP contribution in [0.2, 0.25) is 10.0 Å². The predicted octanol–water partition coefficient (Wildman–Crippen LogP) is 4.93. The summed E-state index contributed by atoms with van der Waals surface area (Å²) in [5.41, 5.74) is 4.64. The summed E-state index contributed by atoms with van der Waals surface area (Å²) in [5.74, 6) is 0.584. The lowest BCUT2D eigenvalue weighted by Gasteiger charge is -2.22. The van der Waals surface area contributed by atoms with Gasteiger partial charge in [0.05, 0.1) is 18.2 Å². The van der Waals surface area contributed by atoms with Crippen molar-refractivity contribution in [2.24, 2.45) is 0 Å². The maximum absolute atomic E-state index is 6.42. The first-order valence-corrected chi connectivity index (χ1v) is 7.51. The minimum atomic E-state index is -0.0131. The number of aryl methyl sites for hydroxylation is 1. The van der Waals surface area contributed by atoms with Crippen LogP contribution in [0.15, 0.2) is 30.3 Å². The van der Waals surface area contributed by atoms with Crippen LogP contribution in [-0.2, 0) is 0 Å². The predicted molar refractivity (Wildman–Crippen MR) is 89.8 cm³/mol. The summed E-state index contributed by atoms with van der Waals surface area (Å²) in [4.78, 5) is 0. The Bertz CT molecular complexity index is 655. The van der Waals surface area contributed by atoms with Gasteiger partial charge >= 0.3 is 0 Å². The molecule has 1 unspecified atom stereocenters. The topological polar surface area (TPSA) is 21.3 Å². The van der Waals surface area contributed by atoms with Crippen LogP contribution in [0.3, 0.4) is 0 Å². The van der Waals surface area contributed by atoms with E-state index in [9.17, 15) is 0 Å². The van der Waals surface area contributed by atoms with E-state index in [1.165, 1.54) is 16.7 Å². The highest BCUT2D eigenvalue weighted by atomic mass is 35.5. The first kappa shape index (κ1) is 16.2. The van der Waals surface area contributed by atoms with Crippen molar-refractivity contribution in [3.8, 4) is 5.75 Å². The van der Waals surface area contributed by atoms with Gasteiger partial charge in [0.15, 0.2) is 0 Å². The molecule has 2 rings (SSSR count). The zero-order valence-electron chi connectivity index (χ0n) is 12.6. The molecule has 21 heavy (non-hydrogen) atoms. The Morgan fingerprint density at radius 3 is 2.38 bits per heavy atom. The van der Waals surface area contributed by atoms with Gasteiger partial charge in [0.2, 0.25) is 0 Å². The largest absolute Gasteiger partial charge is 0.495 e. The average molecular weight is 324 g/mol. The van der Waals surface area contributed by atoms with Gasteiger partial charge in [-0.05, 0) is 49.2 Å². The minimum absolute atomic E-state index is 0.0131. The number of rotatable bonds is 4. The summed E-state index contributed by atoms with van der Waals surface area (Å²) in [5, 5.41) is 4.52. The van der Waals surface area contributed by atoms with Gasteiger partial charge in [-0.25, -0.2) is 0 Å². The number of hydrogen-bond donors (Lipinski definition) is 1. The van der Waals surface area contributed by atoms with Crippen molar-refractivity contribution in [1.29, 1.82) is 0 Å². The quantitative estimate of drug-likeness (QED) is 0.861. The smallest absolute Gasteiger partial charge is 0.138 e. The van der Waals surface area contributed by atoms with E-state index in [4.69, 9.17) is 27.9 Å². The van der Waals surface area contributed by atoms with E-state index >= 15 is 0 Å². The molecule has 0 aromatic heterocycles. The Kier molecular flexibility index (Phi) is 5.15. The van der Waals surface area contributed by atoms with Gasteiger partial charge < -0.3 is 10.1 Å². The number of benzene rings is 2. The summed E-state index contributed by atoms with van der Waals surface area (Å²) in [6.07, 6.45) is 0. The second kappa shape index (κ2) is 6.69. The van der Waals surface area contributed by atoms with Gasteiger partial charge in [-0.3, -0.25) is 0 Å². The molecule has 0 saturated carbocycles. The Labute approximate surface area is 136 Å². The van der Waals surface area contributed by atoms with Crippen LogP contribution in [0, 0.1) is 13.8 Å². The Hall–Kier alpha value is -1.22. The Morgan fingerprint density at radius 1 is 1.05 bits per heavy atom. The molecule has 4 heteroatoms. The lowest BCUT2D eigenvalue weighted by atomic mass is 9.92. The van der Waals surface area contributed by atoms with Crippen molar-refractivity contribution in [1.82, 2.24) is 5.32 Å². The van der Waals surface area contributed by atoms with Crippen molar-refractivity contribution in [3.05, 3.63) is 62.6 Å². The van der Waals surface area contributed by atoms with Gasteiger partial charge in [-0.15, -0.1) is 0 Å². The van der Waals surface area contributed by atoms with Gasteiger partial charge in [-0.2, -0.15) is 0 Å². The van der Waals surface area contributed by atoms with E-state index in [-0.39, 0.29) is 6.04 Å². The Balaban J connectivity index is 2.57. The molecule has 0 heterocycles. The van der Waals surface area contributed by atoms with Crippen LogP contribution < -0.4 is 10.1 Å². The zero-order valence-corrected chi connectivity index (χ0v) is 14.1. The number of hydrogen-bond acceptors (Lipinski definition) is 2. The van der Waals surface area contributed by atoms with Crippen LogP contribution in [0.4, 0.5) is 0 Å². The molecule has 2 aromatic carbocycles. The fourth-order valence-electron chi connectivity index (χ4n) is 2.49. The van der Waals surface area contributed by atoms with Gasteiger partial charge in [0, 0.05) is 11.1 Å². The molecule has 112 valence electrons. The van der Waals surface area contributed by atoms with Gasteiger partial charge in [-0.1, -0.05) is 41.4 Å². The van der Waals surface area contributed by atoms with E-state index in [0.717, 1.165) is 5.56 Å². The molecule has 2 nitrogen and oxygen atoms in total. The molecule has 0 spiro atoms. The standard InChI is InChI=1S/C17H19Cl2NO/c1-10-6-5-7-12(11(10)2)17(20-3)13-8-15(19)16(21-4)9-14(13)18/h5-9,17,20H,1-4H3. The van der Waals surface area contributed by atoms with Crippen LogP contribution >= 0.6 is 23.2 Å². The highest BCUT2D eigenvalue weighted by Gasteiger charge is 2.19. The normalized spacial score (nSPS) is 12.3. The van der Waals surface area contributed by atoms with E-state index < -0.39 is 0 Å². The zero-order chi connectivity index (χ0) is 15.6. The molecule has 1 atom stereocenters. The summed E-state index contributed by atoms with van der Waals surface area (Å²) in [7, 11) is 3.50. The molecule has 0 aliphatic heterocycles. The molecule has 0 aliphatic carbocycles. The van der Waals surface area contributed by atoms with Crippen LogP contribution in [0.5, 0.6) is 5.75 Å². The third-order valence-corrected chi connectivity index (χ3v) is 4.45. The highest BCUT2D eigenvalue weighted by Crippen LogP contribution is 2.37. The fraction of sp³-hybridized carbons (Fsp3) is 0.294. The molecule has 0 bridgehead atoms. The molecule has 0 amide bonds. The highest BCUT2D eigenvalue weighted by molar-refractivity contribution is 6.34. The van der Waals surface area contributed by atoms with Crippen LogP contribution in [-0.4, -0.2) is 14.2 Å². The molecule has 1 N–H and O–H groups in total. The van der Waals surface area contributed by atoms with E-state index in [1.807, 2.05) is 13.1 Å². The first-order chi connectivity index (χ1) is 9.99. The third-order valence-electron chi connectivity index (χ3n) is 3.83. The van der Waals surface area contributed by atoms with Crippen molar-refractivity contribution < 1.29 is 4.74 Å². The average Bonchev–Trinajstić information content (AvgIpc) is 2.47. The second-order valence-electron chi connectivity index (χ2n) is 5.02. The fourth-order valence-corrected chi connectivity index (χ4v) is 3.00. The summed E-state index contributed by atoms with van der Waals surface area (Å²) in [6, 6.07) is 9.88. The third kappa shape index (κ3) is 3.18. The van der Waals surface area contributed by atoms with E-state index in [0.29, 0.717) is 15.8 Å². The van der Waals surface area contributed by atoms with Crippen molar-refractivity contribution in [2.45, 2.75) is 19.9 Å². The number of ether oxygens (including phenoxy) is 1. The maximum Gasteiger partial charge on any atom is 0.138 e. The van der Waals surface area contributed by atoms with Crippen LogP contribution in [0.1, 0.15) is 28.3 Å². The molecular weight excluding hydrogens is 305 g/mol. The molecular formula is C17H19Cl2NO. The molecule has 0 radical (unpaired) electrons. The summed E-state index contributed by atoms with van der Waals surface area (Å²) >= 11 is 12.7. The van der Waals surface area contributed by atoms with Gasteiger partial charge in [0.1, 0.15) is 5.75 Å². The van der Waals surface area contributed by atoms with Crippen LogP contribution in [0.25, 0.3) is 0 Å². The van der Waals surface area contributed by atoms with Gasteiger partial charge in [0.25, 0.3) is 0 Å². The van der Waals surface area contributed by atoms with E-state index in [1.54, 1.807) is 13.2 Å². The molecule has 2 aromatic rings. The monoisotopic (exact) mass is 323 g/mol. The lowest BCUT2D eigenvalue weighted by Crippen LogP contribution is -2.19. The maximum atomic E-state index is 6.42. The number of nitrogens with one attached hydrogen (secondary N) is 1. The summed E-state index contributed by atoms with van der Waals surface area (Å²) < 4.78 is 5.21. The Morgan fingerprint density at radius 2 is 1.76 bits per heavy atom. The molecule has 0 fully saturated rings. The van der Waals surface area contributed by atoms with Crippen molar-refractivity contribution in [2.75, 3.05) is 14.2 Å². The van der Waals surface area contributed by atoms with Crippen molar-refractivity contribution >= 4 is 23.2 Å². The number of halogens is 2. The second-order valence-corrected chi connectivity index (χ2v) is 5.83. The number of methoxy groups -OCH3 is 1. The molecule has 0 aliphatic rings. The van der Waals surface area contributed by atoms with Crippen molar-refractivity contribution in [3.63, 3.8) is 0 Å². The van der Waals surface area contributed by atoms with E-state index in [2.05, 4.69) is 37.4 Å².